The number of esters is 1. The van der Waals surface area contributed by atoms with Crippen LogP contribution in [-0.4, -0.2) is 41.4 Å². The number of nitrogens with zero attached hydrogens (tertiary/aromatic N) is 3. The number of ether oxygens (including phenoxy) is 3. The van der Waals surface area contributed by atoms with Crippen LogP contribution in [0.3, 0.4) is 0 Å². The van der Waals surface area contributed by atoms with Crippen LogP contribution in [0.25, 0.3) is 6.08 Å². The number of fused-ring (bicyclic) bond motifs is 1. The number of aromatic nitrogens is 1. The van der Waals surface area contributed by atoms with E-state index in [0.29, 0.717) is 26.3 Å². The molecule has 0 saturated carbocycles. The molecule has 2 aromatic carbocycles. The van der Waals surface area contributed by atoms with Crippen LogP contribution < -0.4 is 24.4 Å². The second-order valence-electron chi connectivity index (χ2n) is 8.04. The minimum Gasteiger partial charge on any atom is -0.504 e. The number of phenolic OH excluding ortho intramolecular Hbond substituents is 1. The Kier molecular flexibility index (Phi) is 7.69. The molecule has 38 heavy (non-hydrogen) atoms. The van der Waals surface area contributed by atoms with E-state index in [-0.39, 0.29) is 39.5 Å². The zero-order chi connectivity index (χ0) is 27.7. The minimum atomic E-state index is -0.872. The maximum atomic E-state index is 13.8. The Morgan fingerprint density at radius 1 is 1.26 bits per heavy atom. The number of hydrogen-bond acceptors (Lipinski definition) is 10. The number of nitro groups is 1. The van der Waals surface area contributed by atoms with E-state index in [1.807, 2.05) is 0 Å². The maximum absolute atomic E-state index is 13.8. The Balaban J connectivity index is 2.00. The Bertz CT molecular complexity index is 1670. The fourth-order valence-corrected chi connectivity index (χ4v) is 5.68. The highest BCUT2D eigenvalue weighted by atomic mass is 79.9. The van der Waals surface area contributed by atoms with E-state index < -0.39 is 22.5 Å². The average Bonchev–Trinajstić information content (AvgIpc) is 3.18. The average molecular weight is 604 g/mol. The molecule has 0 fully saturated rings. The van der Waals surface area contributed by atoms with E-state index in [9.17, 15) is 24.8 Å². The molecule has 2 heterocycles. The van der Waals surface area contributed by atoms with Gasteiger partial charge in [0.25, 0.3) is 11.2 Å². The number of carbonyl (C=O) groups is 1. The topological polar surface area (TPSA) is 142 Å². The summed E-state index contributed by atoms with van der Waals surface area (Å²) in [5.74, 6) is -0.515. The highest BCUT2D eigenvalue weighted by molar-refractivity contribution is 9.10. The molecular weight excluding hydrogens is 582 g/mol. The number of allylic oxidation sites excluding steroid dienone is 1. The summed E-state index contributed by atoms with van der Waals surface area (Å²) >= 11 is 4.48. The number of thiazole rings is 1. The van der Waals surface area contributed by atoms with Crippen molar-refractivity contribution < 1.29 is 29.0 Å². The zero-order valence-corrected chi connectivity index (χ0v) is 23.1. The van der Waals surface area contributed by atoms with Crippen molar-refractivity contribution >= 4 is 45.0 Å². The third-order valence-electron chi connectivity index (χ3n) is 5.82. The first-order valence-corrected chi connectivity index (χ1v) is 12.8. The second kappa shape index (κ2) is 10.8. The van der Waals surface area contributed by atoms with Crippen LogP contribution in [0.2, 0.25) is 0 Å². The monoisotopic (exact) mass is 603 g/mol. The van der Waals surface area contributed by atoms with Gasteiger partial charge in [0, 0.05) is 11.6 Å². The number of rotatable bonds is 7. The highest BCUT2D eigenvalue weighted by Gasteiger charge is 2.33. The molecule has 198 valence electrons. The number of nitro benzene ring substituents is 1. The first-order chi connectivity index (χ1) is 18.1. The lowest BCUT2D eigenvalue weighted by molar-refractivity contribution is -0.385. The second-order valence-corrected chi connectivity index (χ2v) is 9.90. The number of hydrogen-bond donors (Lipinski definition) is 1. The van der Waals surface area contributed by atoms with E-state index in [0.717, 1.165) is 23.5 Å². The van der Waals surface area contributed by atoms with Crippen molar-refractivity contribution in [3.8, 4) is 17.2 Å². The number of phenols is 1. The van der Waals surface area contributed by atoms with E-state index >= 15 is 0 Å². The summed E-state index contributed by atoms with van der Waals surface area (Å²) in [5.41, 5.74) is 0.370. The van der Waals surface area contributed by atoms with Crippen LogP contribution in [0.5, 0.6) is 17.2 Å². The van der Waals surface area contributed by atoms with Crippen LogP contribution in [0, 0.1) is 10.1 Å². The third kappa shape index (κ3) is 4.82. The highest BCUT2D eigenvalue weighted by Crippen LogP contribution is 2.36. The lowest BCUT2D eigenvalue weighted by Gasteiger charge is -2.25. The van der Waals surface area contributed by atoms with Crippen LogP contribution in [0.4, 0.5) is 5.69 Å². The van der Waals surface area contributed by atoms with Crippen molar-refractivity contribution in [1.29, 1.82) is 0 Å². The van der Waals surface area contributed by atoms with Crippen molar-refractivity contribution in [2.24, 2.45) is 4.99 Å². The summed E-state index contributed by atoms with van der Waals surface area (Å²) < 4.78 is 17.8. The summed E-state index contributed by atoms with van der Waals surface area (Å²) in [6.45, 7) is 3.47. The molecule has 1 atom stereocenters. The van der Waals surface area contributed by atoms with Gasteiger partial charge >= 0.3 is 5.97 Å². The number of halogens is 1. The Morgan fingerprint density at radius 3 is 2.58 bits per heavy atom. The molecule has 0 amide bonds. The quantitative estimate of drug-likeness (QED) is 0.246. The largest absolute Gasteiger partial charge is 0.504 e. The van der Waals surface area contributed by atoms with Gasteiger partial charge in [-0.15, -0.1) is 0 Å². The molecule has 11 nitrogen and oxygen atoms in total. The van der Waals surface area contributed by atoms with Crippen molar-refractivity contribution in [2.75, 3.05) is 20.8 Å². The molecule has 0 unspecified atom stereocenters. The molecule has 0 aliphatic carbocycles. The summed E-state index contributed by atoms with van der Waals surface area (Å²) in [6, 6.07) is 6.55. The standard InChI is InChI=1S/C25H22BrN3O8S/c1-5-37-24(32)20-12(2)27-25-28(21(20)13-6-7-17(35-3)16(26)9-13)23(31)19(38-25)10-14-8-15(29(33)34)11-18(36-4)22(14)30/h6-11,21,30H,5H2,1-4H3/b19-10-/t21-/m0/s1. The number of carbonyl (C=O) groups excluding carboxylic acids is 1. The van der Waals surface area contributed by atoms with Crippen LogP contribution in [0.15, 0.2) is 55.9 Å². The molecule has 4 rings (SSSR count). The Labute approximate surface area is 228 Å². The molecule has 0 radical (unpaired) electrons. The van der Waals surface area contributed by atoms with Crippen LogP contribution >= 0.6 is 27.3 Å². The fraction of sp³-hybridized carbons (Fsp3) is 0.240. The molecule has 1 aromatic heterocycles. The third-order valence-corrected chi connectivity index (χ3v) is 7.42. The molecule has 1 N–H and O–H groups in total. The van der Waals surface area contributed by atoms with Gasteiger partial charge in [0.1, 0.15) is 5.75 Å². The predicted octanol–water partition coefficient (Wildman–Crippen LogP) is 3.19. The molecule has 3 aromatic rings. The van der Waals surface area contributed by atoms with Crippen molar-refractivity contribution in [2.45, 2.75) is 19.9 Å². The van der Waals surface area contributed by atoms with Gasteiger partial charge < -0.3 is 19.3 Å². The molecule has 0 spiro atoms. The van der Waals surface area contributed by atoms with Gasteiger partial charge in [0.2, 0.25) is 0 Å². The zero-order valence-electron chi connectivity index (χ0n) is 20.7. The van der Waals surface area contributed by atoms with Gasteiger partial charge in [-0.3, -0.25) is 19.5 Å². The summed E-state index contributed by atoms with van der Waals surface area (Å²) in [6.07, 6.45) is 1.33. The van der Waals surface area contributed by atoms with E-state index in [4.69, 9.17) is 14.2 Å². The Morgan fingerprint density at radius 2 is 1.97 bits per heavy atom. The lowest BCUT2D eigenvalue weighted by Crippen LogP contribution is -2.40. The molecule has 0 bridgehead atoms. The number of non-ortho nitro benzene ring substituents is 1. The number of benzene rings is 2. The summed E-state index contributed by atoms with van der Waals surface area (Å²) in [7, 11) is 2.79. The molecule has 1 aliphatic heterocycles. The van der Waals surface area contributed by atoms with Crippen molar-refractivity contribution in [3.63, 3.8) is 0 Å². The van der Waals surface area contributed by atoms with Gasteiger partial charge in [-0.2, -0.15) is 0 Å². The van der Waals surface area contributed by atoms with Gasteiger partial charge in [-0.25, -0.2) is 9.79 Å². The predicted molar refractivity (Wildman–Crippen MR) is 142 cm³/mol. The number of methoxy groups -OCH3 is 2. The normalized spacial score (nSPS) is 15.1. The van der Waals surface area contributed by atoms with E-state index in [1.165, 1.54) is 24.9 Å². The smallest absolute Gasteiger partial charge is 0.338 e. The van der Waals surface area contributed by atoms with Gasteiger partial charge in [0.15, 0.2) is 16.3 Å². The van der Waals surface area contributed by atoms with Gasteiger partial charge in [-0.05, 0) is 53.5 Å². The molecule has 0 saturated heterocycles. The van der Waals surface area contributed by atoms with E-state index in [2.05, 4.69) is 20.9 Å². The molecule has 1 aliphatic rings. The first-order valence-electron chi connectivity index (χ1n) is 11.2. The van der Waals surface area contributed by atoms with Crippen molar-refractivity contribution in [3.05, 3.63) is 87.0 Å². The van der Waals surface area contributed by atoms with Crippen molar-refractivity contribution in [1.82, 2.24) is 4.57 Å². The number of aromatic hydroxyl groups is 1. The van der Waals surface area contributed by atoms with Crippen LogP contribution in [0.1, 0.15) is 31.0 Å². The summed E-state index contributed by atoms with van der Waals surface area (Å²) in [4.78, 5) is 42.3. The minimum absolute atomic E-state index is 0.0198. The molecule has 13 heteroatoms. The van der Waals surface area contributed by atoms with E-state index in [1.54, 1.807) is 32.0 Å². The molecular formula is C25H22BrN3O8S. The lowest BCUT2D eigenvalue weighted by atomic mass is 9.96. The van der Waals surface area contributed by atoms with Gasteiger partial charge in [0.05, 0.1) is 58.1 Å². The fourth-order valence-electron chi connectivity index (χ4n) is 4.09. The van der Waals surface area contributed by atoms with Crippen LogP contribution in [-0.2, 0) is 9.53 Å². The SMILES string of the molecule is CCOC(=O)C1=C(C)N=c2s/c(=C\c3cc([N+](=O)[O-])cc(OC)c3O)c(=O)n2[C@H]1c1ccc(OC)c(Br)c1. The first kappa shape index (κ1) is 27.1. The van der Waals surface area contributed by atoms with Gasteiger partial charge in [-0.1, -0.05) is 17.4 Å². The Hall–Kier alpha value is -3.97. The maximum Gasteiger partial charge on any atom is 0.338 e. The summed E-state index contributed by atoms with van der Waals surface area (Å²) in [5, 5.41) is 22.0.